The van der Waals surface area contributed by atoms with Crippen molar-refractivity contribution in [1.82, 2.24) is 0 Å². The van der Waals surface area contributed by atoms with Gasteiger partial charge in [0.1, 0.15) is 0 Å². The van der Waals surface area contributed by atoms with Gasteiger partial charge in [0, 0.05) is 5.56 Å². The molecule has 0 bridgehead atoms. The highest BCUT2D eigenvalue weighted by molar-refractivity contribution is 5.84. The van der Waals surface area contributed by atoms with Crippen LogP contribution in [0.25, 0.3) is 0 Å². The van der Waals surface area contributed by atoms with Crippen LogP contribution in [0.5, 0.6) is 0 Å². The number of hydrogen-bond acceptors (Lipinski definition) is 2. The number of benzene rings is 1. The molecule has 0 aliphatic carbocycles. The van der Waals surface area contributed by atoms with E-state index in [-0.39, 0.29) is 5.56 Å². The second-order valence-corrected chi connectivity index (χ2v) is 3.21. The zero-order valence-corrected chi connectivity index (χ0v) is 8.26. The van der Waals surface area contributed by atoms with Crippen molar-refractivity contribution in [1.29, 1.82) is 0 Å². The van der Waals surface area contributed by atoms with Crippen molar-refractivity contribution in [3.63, 3.8) is 0 Å². The van der Waals surface area contributed by atoms with E-state index in [4.69, 9.17) is 5.21 Å². The Morgan fingerprint density at radius 1 is 1.27 bits per heavy atom. The number of hydrogen-bond donors (Lipinski definition) is 1. The van der Waals surface area contributed by atoms with Gasteiger partial charge in [0.25, 0.3) is 0 Å². The van der Waals surface area contributed by atoms with Crippen LogP contribution in [0.2, 0.25) is 0 Å². The molecule has 0 unspecified atom stereocenters. The van der Waals surface area contributed by atoms with Gasteiger partial charge in [0.2, 0.25) is 0 Å². The second kappa shape index (κ2) is 3.92. The largest absolute Gasteiger partial charge is 0.417 e. The molecule has 0 aliphatic rings. The van der Waals surface area contributed by atoms with Gasteiger partial charge in [0.05, 0.1) is 11.8 Å². The van der Waals surface area contributed by atoms with Crippen molar-refractivity contribution in [2.75, 3.05) is 0 Å². The fourth-order valence-electron chi connectivity index (χ4n) is 1.31. The van der Waals surface area contributed by atoms with Crippen LogP contribution < -0.4 is 0 Å². The summed E-state index contributed by atoms with van der Waals surface area (Å²) in [5.74, 6) is 0. The van der Waals surface area contributed by atoms with Gasteiger partial charge >= 0.3 is 6.18 Å². The standard InChI is InChI=1S/C10H10F3NO/c1-6-3-4-9(10(11,12)13)8(5-14-15)7(6)2/h3-5,15H,1-2H3/b14-5-. The first-order valence-electron chi connectivity index (χ1n) is 4.22. The Hall–Kier alpha value is -1.52. The predicted molar refractivity (Wildman–Crippen MR) is 50.3 cm³/mol. The predicted octanol–water partition coefficient (Wildman–Crippen LogP) is 3.13. The lowest BCUT2D eigenvalue weighted by atomic mass is 9.98. The third-order valence-electron chi connectivity index (χ3n) is 2.28. The summed E-state index contributed by atoms with van der Waals surface area (Å²) in [7, 11) is 0. The highest BCUT2D eigenvalue weighted by Crippen LogP contribution is 2.33. The average molecular weight is 217 g/mol. The highest BCUT2D eigenvalue weighted by Gasteiger charge is 2.33. The van der Waals surface area contributed by atoms with Gasteiger partial charge in [-0.15, -0.1) is 0 Å². The fourth-order valence-corrected chi connectivity index (χ4v) is 1.31. The second-order valence-electron chi connectivity index (χ2n) is 3.21. The van der Waals surface area contributed by atoms with Crippen LogP contribution in [-0.2, 0) is 6.18 Å². The maximum absolute atomic E-state index is 12.5. The van der Waals surface area contributed by atoms with Crippen molar-refractivity contribution in [2.45, 2.75) is 20.0 Å². The van der Waals surface area contributed by atoms with Gasteiger partial charge in [0.15, 0.2) is 0 Å². The summed E-state index contributed by atoms with van der Waals surface area (Å²) in [4.78, 5) is 0. The molecule has 1 aromatic rings. The summed E-state index contributed by atoms with van der Waals surface area (Å²) < 4.78 is 37.6. The van der Waals surface area contributed by atoms with Gasteiger partial charge in [-0.2, -0.15) is 13.2 Å². The molecule has 0 radical (unpaired) electrons. The number of rotatable bonds is 1. The molecule has 82 valence electrons. The van der Waals surface area contributed by atoms with E-state index in [1.165, 1.54) is 6.07 Å². The van der Waals surface area contributed by atoms with E-state index < -0.39 is 11.7 Å². The number of halogens is 3. The number of oxime groups is 1. The van der Waals surface area contributed by atoms with Crippen molar-refractivity contribution >= 4 is 6.21 Å². The van der Waals surface area contributed by atoms with Gasteiger partial charge in [-0.05, 0) is 31.0 Å². The van der Waals surface area contributed by atoms with Crippen LogP contribution in [0.1, 0.15) is 22.3 Å². The third-order valence-corrected chi connectivity index (χ3v) is 2.28. The Bertz CT molecular complexity index is 396. The number of aryl methyl sites for hydroxylation is 1. The quantitative estimate of drug-likeness (QED) is 0.437. The van der Waals surface area contributed by atoms with E-state index in [0.717, 1.165) is 17.8 Å². The first-order chi connectivity index (χ1) is 6.88. The average Bonchev–Trinajstić information content (AvgIpc) is 2.11. The maximum atomic E-state index is 12.5. The summed E-state index contributed by atoms with van der Waals surface area (Å²) in [5.41, 5.74) is 0.300. The lowest BCUT2D eigenvalue weighted by Gasteiger charge is -2.13. The molecule has 2 nitrogen and oxygen atoms in total. The van der Waals surface area contributed by atoms with Gasteiger partial charge in [-0.3, -0.25) is 0 Å². The van der Waals surface area contributed by atoms with Crippen molar-refractivity contribution in [2.24, 2.45) is 5.16 Å². The lowest BCUT2D eigenvalue weighted by molar-refractivity contribution is -0.137. The normalized spacial score (nSPS) is 12.3. The summed E-state index contributed by atoms with van der Waals surface area (Å²) in [6.07, 6.45) is -3.62. The Balaban J connectivity index is 3.47. The Labute approximate surface area is 85.0 Å². The van der Waals surface area contributed by atoms with Crippen LogP contribution in [0.3, 0.4) is 0 Å². The smallest absolute Gasteiger partial charge is 0.411 e. The van der Waals surface area contributed by atoms with E-state index in [1.54, 1.807) is 13.8 Å². The number of alkyl halides is 3. The van der Waals surface area contributed by atoms with Crippen LogP contribution in [0.4, 0.5) is 13.2 Å². The SMILES string of the molecule is Cc1ccc(C(F)(F)F)c(/C=N\O)c1C. The molecule has 0 heterocycles. The minimum atomic E-state index is -4.44. The van der Waals surface area contributed by atoms with Crippen LogP contribution in [0.15, 0.2) is 17.3 Å². The van der Waals surface area contributed by atoms with Crippen molar-refractivity contribution in [3.8, 4) is 0 Å². The Morgan fingerprint density at radius 2 is 1.87 bits per heavy atom. The minimum absolute atomic E-state index is 0.0926. The molecular formula is C10H10F3NO. The van der Waals surface area contributed by atoms with Gasteiger partial charge in [-0.1, -0.05) is 11.2 Å². The van der Waals surface area contributed by atoms with Gasteiger partial charge in [-0.25, -0.2) is 0 Å². The van der Waals surface area contributed by atoms with Crippen LogP contribution >= 0.6 is 0 Å². The zero-order chi connectivity index (χ0) is 11.6. The highest BCUT2D eigenvalue weighted by atomic mass is 19.4. The molecule has 15 heavy (non-hydrogen) atoms. The molecule has 1 rings (SSSR count). The van der Waals surface area contributed by atoms with E-state index in [1.807, 2.05) is 0 Å². The molecule has 5 heteroatoms. The molecular weight excluding hydrogens is 207 g/mol. The van der Waals surface area contributed by atoms with Crippen molar-refractivity contribution in [3.05, 3.63) is 34.4 Å². The molecule has 0 atom stereocenters. The summed E-state index contributed by atoms with van der Waals surface area (Å²) >= 11 is 0. The van der Waals surface area contributed by atoms with E-state index in [9.17, 15) is 13.2 Å². The summed E-state index contributed by atoms with van der Waals surface area (Å²) in [6, 6.07) is 2.38. The monoisotopic (exact) mass is 217 g/mol. The third kappa shape index (κ3) is 2.29. The van der Waals surface area contributed by atoms with Gasteiger partial charge < -0.3 is 5.21 Å². The summed E-state index contributed by atoms with van der Waals surface area (Å²) in [5, 5.41) is 11.0. The Morgan fingerprint density at radius 3 is 2.33 bits per heavy atom. The molecule has 1 N–H and O–H groups in total. The van der Waals surface area contributed by atoms with Crippen LogP contribution in [-0.4, -0.2) is 11.4 Å². The molecule has 0 spiro atoms. The summed E-state index contributed by atoms with van der Waals surface area (Å²) in [6.45, 7) is 3.26. The first-order valence-corrected chi connectivity index (χ1v) is 4.22. The number of nitrogens with zero attached hydrogens (tertiary/aromatic N) is 1. The molecule has 0 saturated heterocycles. The topological polar surface area (TPSA) is 32.6 Å². The maximum Gasteiger partial charge on any atom is 0.417 e. The molecule has 0 saturated carbocycles. The zero-order valence-electron chi connectivity index (χ0n) is 8.26. The van der Waals surface area contributed by atoms with Crippen molar-refractivity contribution < 1.29 is 18.4 Å². The Kier molecular flexibility index (Phi) is 3.02. The minimum Gasteiger partial charge on any atom is -0.411 e. The molecule has 1 aromatic carbocycles. The van der Waals surface area contributed by atoms with E-state index in [2.05, 4.69) is 5.16 Å². The van der Waals surface area contributed by atoms with Crippen LogP contribution in [0, 0.1) is 13.8 Å². The molecule has 0 aromatic heterocycles. The lowest BCUT2D eigenvalue weighted by Crippen LogP contribution is -2.11. The van der Waals surface area contributed by atoms with E-state index >= 15 is 0 Å². The molecule has 0 fully saturated rings. The fraction of sp³-hybridized carbons (Fsp3) is 0.300. The molecule has 0 aliphatic heterocycles. The molecule has 0 amide bonds. The first kappa shape index (κ1) is 11.6. The van der Waals surface area contributed by atoms with E-state index in [0.29, 0.717) is 5.56 Å².